The minimum atomic E-state index is -0.954. The van der Waals surface area contributed by atoms with Gasteiger partial charge in [0.1, 0.15) is 6.10 Å². The number of carbonyl (C=O) groups is 4. The summed E-state index contributed by atoms with van der Waals surface area (Å²) in [5.41, 5.74) is 0. The highest BCUT2D eigenvalue weighted by Crippen LogP contribution is 2.15. The lowest BCUT2D eigenvalue weighted by molar-refractivity contribution is -0.138. The highest BCUT2D eigenvalue weighted by atomic mass is 16.4. The minimum absolute atomic E-state index is 0.332. The molecule has 0 fully saturated rings. The number of rotatable bonds is 62. The predicted molar refractivity (Wildman–Crippen MR) is 369 cm³/mol. The van der Waals surface area contributed by atoms with Crippen LogP contribution < -0.4 is 0 Å². The molecule has 0 aromatic heterocycles. The third kappa shape index (κ3) is 109. The molecule has 0 aliphatic rings. The van der Waals surface area contributed by atoms with Crippen LogP contribution >= 0.6 is 0 Å². The monoisotopic (exact) mass is 1220 g/mol. The van der Waals surface area contributed by atoms with Crippen LogP contribution in [-0.2, 0) is 19.2 Å². The highest BCUT2D eigenvalue weighted by Gasteiger charge is 2.00. The van der Waals surface area contributed by atoms with Gasteiger partial charge in [-0.3, -0.25) is 19.2 Å². The molecule has 0 bridgehead atoms. The summed E-state index contributed by atoms with van der Waals surface area (Å²) in [5, 5.41) is 58.0. The molecule has 0 aromatic carbocycles. The maximum atomic E-state index is 10.3. The van der Waals surface area contributed by atoms with Gasteiger partial charge in [0.2, 0.25) is 0 Å². The molecule has 0 aliphatic carbocycles. The lowest BCUT2D eigenvalue weighted by atomic mass is 10.1. The van der Waals surface area contributed by atoms with Gasteiger partial charge in [-0.1, -0.05) is 282 Å². The molecule has 0 saturated heterocycles. The summed E-state index contributed by atoms with van der Waals surface area (Å²) >= 11 is 0. The van der Waals surface area contributed by atoms with E-state index in [0.717, 1.165) is 51.4 Å². The van der Waals surface area contributed by atoms with Gasteiger partial charge < -0.3 is 35.7 Å². The van der Waals surface area contributed by atoms with Crippen molar-refractivity contribution in [3.63, 3.8) is 0 Å². The lowest BCUT2D eigenvalue weighted by Crippen LogP contribution is -2.15. The summed E-state index contributed by atoms with van der Waals surface area (Å²) in [6, 6.07) is 0. The average molecular weight is 1220 g/mol. The second-order valence-electron chi connectivity index (χ2n) is 23.9. The van der Waals surface area contributed by atoms with Crippen molar-refractivity contribution in [1.82, 2.24) is 0 Å². The Morgan fingerprint density at radius 2 is 0.360 bits per heavy atom. The zero-order valence-electron chi connectivity index (χ0n) is 57.0. The van der Waals surface area contributed by atoms with Crippen molar-refractivity contribution in [2.75, 3.05) is 13.2 Å². The molecule has 0 atom stereocenters. The Kier molecular flexibility index (Phi) is 93.7. The molecule has 0 rings (SSSR count). The number of allylic oxidation sites excluding steroid dienone is 8. The Morgan fingerprint density at radius 3 is 0.477 bits per heavy atom. The van der Waals surface area contributed by atoms with Crippen molar-refractivity contribution >= 4 is 23.9 Å². The number of aliphatic hydroxyl groups is 3. The fourth-order valence-electron chi connectivity index (χ4n) is 9.45. The number of aliphatic carboxylic acids is 4. The second-order valence-corrected chi connectivity index (χ2v) is 23.9. The molecule has 0 aliphatic heterocycles. The number of aliphatic hydroxyl groups excluding tert-OH is 3. The first-order valence-electron chi connectivity index (χ1n) is 36.3. The number of carboxylic acid groups (broad SMARTS) is 4. The molecular weight excluding hydrogens is 1080 g/mol. The van der Waals surface area contributed by atoms with Crippen molar-refractivity contribution in [3.05, 3.63) is 48.6 Å². The maximum Gasteiger partial charge on any atom is 0.303 e. The van der Waals surface area contributed by atoms with Crippen molar-refractivity contribution < 1.29 is 54.9 Å². The molecule has 0 heterocycles. The van der Waals surface area contributed by atoms with Gasteiger partial charge >= 0.3 is 23.9 Å². The summed E-state index contributed by atoms with van der Waals surface area (Å²) in [6.45, 7) is 8.31. The number of carboxylic acids is 4. The molecule has 0 saturated carbocycles. The zero-order valence-corrected chi connectivity index (χ0v) is 57.0. The third-order valence-corrected chi connectivity index (χ3v) is 15.0. The minimum Gasteiger partial charge on any atom is -0.481 e. The first-order valence-corrected chi connectivity index (χ1v) is 36.3. The van der Waals surface area contributed by atoms with E-state index in [9.17, 15) is 19.2 Å². The van der Waals surface area contributed by atoms with Crippen LogP contribution in [0.25, 0.3) is 0 Å². The normalized spacial score (nSPS) is 11.2. The van der Waals surface area contributed by atoms with E-state index in [1.54, 1.807) is 0 Å². The van der Waals surface area contributed by atoms with Crippen molar-refractivity contribution in [3.8, 4) is 0 Å². The van der Waals surface area contributed by atoms with Crippen molar-refractivity contribution in [2.45, 2.75) is 393 Å². The van der Waals surface area contributed by atoms with Crippen LogP contribution in [0.5, 0.6) is 0 Å². The lowest BCUT2D eigenvalue weighted by Gasteiger charge is -1.99. The van der Waals surface area contributed by atoms with Gasteiger partial charge in [-0.25, -0.2) is 0 Å². The van der Waals surface area contributed by atoms with Gasteiger partial charge in [0.05, 0.1) is 13.2 Å². The summed E-state index contributed by atoms with van der Waals surface area (Å²) < 4.78 is 0. The number of hydrogen-bond donors (Lipinski definition) is 7. The van der Waals surface area contributed by atoms with Gasteiger partial charge in [-0.05, 0) is 128 Å². The Balaban J connectivity index is -0.000000328. The summed E-state index contributed by atoms with van der Waals surface area (Å²) in [6.07, 6.45) is 84.0. The molecule has 510 valence electrons. The Labute approximate surface area is 531 Å². The molecule has 0 radical (unpaired) electrons. The van der Waals surface area contributed by atoms with Crippen LogP contribution in [0.3, 0.4) is 0 Å². The second kappa shape index (κ2) is 88.2. The zero-order chi connectivity index (χ0) is 64.6. The van der Waals surface area contributed by atoms with Crippen molar-refractivity contribution in [1.29, 1.82) is 0 Å². The van der Waals surface area contributed by atoms with Crippen LogP contribution in [0, 0.1) is 0 Å². The van der Waals surface area contributed by atoms with E-state index in [4.69, 9.17) is 35.7 Å². The van der Waals surface area contributed by atoms with Gasteiger partial charge in [0.25, 0.3) is 0 Å². The van der Waals surface area contributed by atoms with Crippen LogP contribution in [0.4, 0.5) is 0 Å². The predicted octanol–water partition coefficient (Wildman–Crippen LogP) is 22.8. The van der Waals surface area contributed by atoms with Crippen LogP contribution in [-0.4, -0.2) is 78.9 Å². The molecule has 11 heteroatoms. The fourth-order valence-corrected chi connectivity index (χ4v) is 9.45. The van der Waals surface area contributed by atoms with Crippen LogP contribution in [0.2, 0.25) is 0 Å². The first kappa shape index (κ1) is 91.5. The molecule has 86 heavy (non-hydrogen) atoms. The van der Waals surface area contributed by atoms with Gasteiger partial charge in [0.15, 0.2) is 0 Å². The molecule has 11 nitrogen and oxygen atoms in total. The van der Waals surface area contributed by atoms with Gasteiger partial charge in [-0.15, -0.1) is 0 Å². The molecule has 0 unspecified atom stereocenters. The molecule has 7 N–H and O–H groups in total. The van der Waals surface area contributed by atoms with E-state index < -0.39 is 30.0 Å². The molecular formula is C75H144O11. The number of unbranched alkanes of at least 4 members (excludes halogenated alkanes) is 44. The molecule has 0 aromatic rings. The van der Waals surface area contributed by atoms with E-state index in [-0.39, 0.29) is 13.2 Å². The Bertz CT molecular complexity index is 1220. The van der Waals surface area contributed by atoms with Crippen LogP contribution in [0.15, 0.2) is 48.6 Å². The first-order chi connectivity index (χ1) is 41.9. The van der Waals surface area contributed by atoms with E-state index in [1.807, 2.05) is 0 Å². The third-order valence-electron chi connectivity index (χ3n) is 15.0. The summed E-state index contributed by atoms with van der Waals surface area (Å²) in [7, 11) is 0. The van der Waals surface area contributed by atoms with E-state index >= 15 is 0 Å². The Morgan fingerprint density at radius 1 is 0.233 bits per heavy atom. The SMILES string of the molecule is CCCCCCCC/C=C\CCCCCCCC(=O)O.CCCCCCCC/C=C\CCCCCCCC(=O)O.CCCCCCCC/C=C\CCCCCCCC(=O)O.CCCCCCCC/C=C\CCCCCCCC(=O)O.OCC(O)CO. The number of hydrogen-bond acceptors (Lipinski definition) is 7. The standard InChI is InChI=1S/4C18H34O2.C3H8O3/c4*1-2-3-4-5-6-7-8-9-10-11-12-13-14-15-16-17-18(19)20;4-1-3(6)2-5/h4*9-10H,2-8,11-17H2,1H3,(H,19,20);3-6H,1-2H2/b4*10-9-;. The largest absolute Gasteiger partial charge is 0.481 e. The average Bonchev–Trinajstić information content (AvgIpc) is 3.49. The quantitative estimate of drug-likeness (QED) is 0.0225. The van der Waals surface area contributed by atoms with Crippen molar-refractivity contribution in [2.24, 2.45) is 0 Å². The van der Waals surface area contributed by atoms with Gasteiger partial charge in [0, 0.05) is 25.7 Å². The Hall–Kier alpha value is -3.28. The van der Waals surface area contributed by atoms with Gasteiger partial charge in [-0.2, -0.15) is 0 Å². The van der Waals surface area contributed by atoms with E-state index in [0.29, 0.717) is 25.7 Å². The highest BCUT2D eigenvalue weighted by molar-refractivity contribution is 5.67. The van der Waals surface area contributed by atoms with Crippen LogP contribution in [0.1, 0.15) is 387 Å². The summed E-state index contributed by atoms with van der Waals surface area (Å²) in [4.78, 5) is 41.3. The molecule has 0 spiro atoms. The van der Waals surface area contributed by atoms with E-state index in [1.165, 1.54) is 283 Å². The molecule has 0 amide bonds. The smallest absolute Gasteiger partial charge is 0.303 e. The van der Waals surface area contributed by atoms with E-state index in [2.05, 4.69) is 76.3 Å². The maximum absolute atomic E-state index is 10.3. The fraction of sp³-hybridized carbons (Fsp3) is 0.840. The summed E-state index contributed by atoms with van der Waals surface area (Å²) in [5.74, 6) is -2.66. The topological polar surface area (TPSA) is 210 Å².